The van der Waals surface area contributed by atoms with E-state index in [9.17, 15) is 22.4 Å². The fourth-order valence-electron chi connectivity index (χ4n) is 4.09. The average Bonchev–Trinajstić information content (AvgIpc) is 3.01. The van der Waals surface area contributed by atoms with Gasteiger partial charge in [0.1, 0.15) is 5.82 Å². The third kappa shape index (κ3) is 3.20. The number of benzene rings is 2. The predicted molar refractivity (Wildman–Crippen MR) is 104 cm³/mol. The maximum atomic E-state index is 14.2. The second kappa shape index (κ2) is 7.17. The van der Waals surface area contributed by atoms with Crippen molar-refractivity contribution >= 4 is 17.4 Å². The lowest BCUT2D eigenvalue weighted by molar-refractivity contribution is -0.137. The van der Waals surface area contributed by atoms with Crippen LogP contribution in [0.15, 0.2) is 48.6 Å². The minimum atomic E-state index is -4.73. The van der Waals surface area contributed by atoms with E-state index in [2.05, 4.69) is 0 Å². The first-order valence-corrected chi connectivity index (χ1v) is 9.37. The van der Waals surface area contributed by atoms with Gasteiger partial charge in [-0.3, -0.25) is 9.80 Å². The number of halogens is 4. The summed E-state index contributed by atoms with van der Waals surface area (Å²) in [5.41, 5.74) is -0.731. The van der Waals surface area contributed by atoms with Crippen LogP contribution in [-0.4, -0.2) is 18.1 Å². The van der Waals surface area contributed by atoms with Crippen molar-refractivity contribution in [1.82, 2.24) is 0 Å². The van der Waals surface area contributed by atoms with Crippen LogP contribution in [0.25, 0.3) is 0 Å². The number of anilines is 2. The van der Waals surface area contributed by atoms with Crippen LogP contribution in [0.5, 0.6) is 0 Å². The number of hydrogen-bond donors (Lipinski definition) is 0. The quantitative estimate of drug-likeness (QED) is 0.476. The first-order chi connectivity index (χ1) is 14.2. The summed E-state index contributed by atoms with van der Waals surface area (Å²) in [6.45, 7) is 1.61. The van der Waals surface area contributed by atoms with E-state index < -0.39 is 35.2 Å². The molecule has 1 fully saturated rings. The molecule has 2 aromatic carbocycles. The molecule has 1 heterocycles. The van der Waals surface area contributed by atoms with Gasteiger partial charge in [0.05, 0.1) is 29.3 Å². The fraction of sp³-hybridized carbons (Fsp3) is 0.273. The highest BCUT2D eigenvalue weighted by molar-refractivity contribution is 6.07. The monoisotopic (exact) mass is 415 g/mol. The van der Waals surface area contributed by atoms with Gasteiger partial charge in [0.15, 0.2) is 0 Å². The van der Waals surface area contributed by atoms with Gasteiger partial charge in [-0.2, -0.15) is 18.4 Å². The van der Waals surface area contributed by atoms with E-state index >= 15 is 0 Å². The number of nitriles is 1. The van der Waals surface area contributed by atoms with Crippen molar-refractivity contribution < 1.29 is 22.4 Å². The summed E-state index contributed by atoms with van der Waals surface area (Å²) < 4.78 is 54.5. The fourth-order valence-corrected chi connectivity index (χ4v) is 4.09. The van der Waals surface area contributed by atoms with Crippen molar-refractivity contribution in [2.24, 2.45) is 0 Å². The first kappa shape index (κ1) is 20.0. The van der Waals surface area contributed by atoms with Crippen LogP contribution in [-0.2, 0) is 6.18 Å². The number of hydrogen-bond acceptors (Lipinski definition) is 2. The number of fused-ring (bicyclic) bond motifs is 1. The zero-order valence-corrected chi connectivity index (χ0v) is 15.9. The second-order valence-corrected chi connectivity index (χ2v) is 7.37. The zero-order valence-electron chi connectivity index (χ0n) is 15.9. The highest BCUT2D eigenvalue weighted by Crippen LogP contribution is 2.41. The Morgan fingerprint density at radius 1 is 1.00 bits per heavy atom. The molecule has 4 rings (SSSR count). The molecule has 0 aromatic heterocycles. The lowest BCUT2D eigenvalue weighted by Crippen LogP contribution is -2.38. The zero-order chi connectivity index (χ0) is 21.6. The lowest BCUT2D eigenvalue weighted by Gasteiger charge is -2.29. The van der Waals surface area contributed by atoms with Crippen LogP contribution >= 0.6 is 0 Å². The van der Waals surface area contributed by atoms with Gasteiger partial charge in [0, 0.05) is 11.4 Å². The Morgan fingerprint density at radius 2 is 1.57 bits per heavy atom. The molecule has 1 saturated heterocycles. The molecule has 2 aromatic rings. The number of aryl methyl sites for hydroxylation is 1. The van der Waals surface area contributed by atoms with Gasteiger partial charge in [0.2, 0.25) is 0 Å². The van der Waals surface area contributed by atoms with Gasteiger partial charge in [-0.25, -0.2) is 9.18 Å². The standard InChI is InChI=1S/C22H17F4N3O/c1-13-6-8-16(11-18(13)23)29-20-5-3-2-4-19(20)28(21(29)30)15-9-7-14(12-27)17(10-15)22(24,25)26/h2-3,6-11,19-20H,4-5H2,1H3/t19-,20-/m0/s1. The van der Waals surface area contributed by atoms with Gasteiger partial charge in [-0.15, -0.1) is 0 Å². The normalized spacial score (nSPS) is 21.0. The van der Waals surface area contributed by atoms with E-state index in [0.29, 0.717) is 24.1 Å². The van der Waals surface area contributed by atoms with Gasteiger partial charge in [0.25, 0.3) is 0 Å². The van der Waals surface area contributed by atoms with E-state index in [0.717, 1.165) is 12.1 Å². The summed E-state index contributed by atoms with van der Waals surface area (Å²) in [6, 6.07) is 8.02. The van der Waals surface area contributed by atoms with E-state index in [1.807, 2.05) is 12.2 Å². The van der Waals surface area contributed by atoms with Crippen molar-refractivity contribution in [2.75, 3.05) is 9.80 Å². The minimum absolute atomic E-state index is 0.0618. The molecule has 0 bridgehead atoms. The number of carbonyl (C=O) groups excluding carboxylic acids is 1. The average molecular weight is 415 g/mol. The number of alkyl halides is 3. The highest BCUT2D eigenvalue weighted by atomic mass is 19.4. The minimum Gasteiger partial charge on any atom is -0.289 e. The summed E-state index contributed by atoms with van der Waals surface area (Å²) >= 11 is 0. The molecule has 30 heavy (non-hydrogen) atoms. The molecular weight excluding hydrogens is 398 g/mol. The number of urea groups is 1. The molecular formula is C22H17F4N3O. The van der Waals surface area contributed by atoms with Crippen molar-refractivity contribution in [3.8, 4) is 6.07 Å². The maximum Gasteiger partial charge on any atom is 0.417 e. The largest absolute Gasteiger partial charge is 0.417 e. The Balaban J connectivity index is 1.81. The van der Waals surface area contributed by atoms with Crippen molar-refractivity contribution in [3.63, 3.8) is 0 Å². The van der Waals surface area contributed by atoms with Crippen LogP contribution in [0.2, 0.25) is 0 Å². The molecule has 2 aliphatic rings. The van der Waals surface area contributed by atoms with Crippen LogP contribution in [0, 0.1) is 24.1 Å². The summed E-state index contributed by atoms with van der Waals surface area (Å²) in [4.78, 5) is 16.1. The third-order valence-electron chi connectivity index (χ3n) is 5.58. The molecule has 0 saturated carbocycles. The van der Waals surface area contributed by atoms with Crippen LogP contribution < -0.4 is 9.80 Å². The molecule has 2 amide bonds. The smallest absolute Gasteiger partial charge is 0.289 e. The summed E-state index contributed by atoms with van der Waals surface area (Å²) in [5.74, 6) is -0.459. The predicted octanol–water partition coefficient (Wildman–Crippen LogP) is 5.56. The van der Waals surface area contributed by atoms with Crippen LogP contribution in [0.1, 0.15) is 29.5 Å². The van der Waals surface area contributed by atoms with Crippen molar-refractivity contribution in [3.05, 3.63) is 71.1 Å². The van der Waals surface area contributed by atoms with E-state index in [-0.39, 0.29) is 11.7 Å². The van der Waals surface area contributed by atoms with Gasteiger partial charge < -0.3 is 0 Å². The summed E-state index contributed by atoms with van der Waals surface area (Å²) in [7, 11) is 0. The second-order valence-electron chi connectivity index (χ2n) is 7.37. The van der Waals surface area contributed by atoms with Crippen LogP contribution in [0.3, 0.4) is 0 Å². The summed E-state index contributed by atoms with van der Waals surface area (Å²) in [6.07, 6.45) is 0.0350. The molecule has 8 heteroatoms. The highest BCUT2D eigenvalue weighted by Gasteiger charge is 2.47. The maximum absolute atomic E-state index is 14.2. The van der Waals surface area contributed by atoms with E-state index in [1.54, 1.807) is 25.1 Å². The van der Waals surface area contributed by atoms with Crippen molar-refractivity contribution in [2.45, 2.75) is 38.0 Å². The number of rotatable bonds is 2. The van der Waals surface area contributed by atoms with Gasteiger partial charge in [-0.1, -0.05) is 18.2 Å². The molecule has 0 spiro atoms. The molecule has 0 radical (unpaired) electrons. The molecule has 4 nitrogen and oxygen atoms in total. The number of amides is 2. The SMILES string of the molecule is Cc1ccc(N2C(=O)N(c3ccc(C#N)c(C(F)(F)F)c3)[C@H]3CC=CC[C@@H]32)cc1F. The lowest BCUT2D eigenvalue weighted by atomic mass is 9.94. The molecule has 0 unspecified atom stereocenters. The molecule has 154 valence electrons. The Kier molecular flexibility index (Phi) is 4.77. The Hall–Kier alpha value is -3.34. The number of nitrogens with zero attached hydrogens (tertiary/aromatic N) is 3. The third-order valence-corrected chi connectivity index (χ3v) is 5.58. The van der Waals surface area contributed by atoms with Crippen LogP contribution in [0.4, 0.5) is 33.7 Å². The topological polar surface area (TPSA) is 47.3 Å². The van der Waals surface area contributed by atoms with Crippen molar-refractivity contribution in [1.29, 1.82) is 5.26 Å². The first-order valence-electron chi connectivity index (χ1n) is 9.37. The van der Waals surface area contributed by atoms with Gasteiger partial charge in [-0.05, 0) is 55.7 Å². The van der Waals surface area contributed by atoms with Gasteiger partial charge >= 0.3 is 12.2 Å². The Bertz CT molecular complexity index is 1090. The molecule has 0 N–H and O–H groups in total. The molecule has 2 atom stereocenters. The Labute approximate surface area is 170 Å². The summed E-state index contributed by atoms with van der Waals surface area (Å²) in [5, 5.41) is 9.03. The van der Waals surface area contributed by atoms with E-state index in [4.69, 9.17) is 5.26 Å². The Morgan fingerprint density at radius 3 is 2.10 bits per heavy atom. The molecule has 1 aliphatic heterocycles. The van der Waals surface area contributed by atoms with E-state index in [1.165, 1.54) is 21.9 Å². The molecule has 1 aliphatic carbocycles. The number of carbonyl (C=O) groups is 1.